The Balaban J connectivity index is 1.63. The van der Waals surface area contributed by atoms with Crippen LogP contribution in [0.15, 0.2) is 54.6 Å². The number of carbonyl (C=O) groups is 1. The minimum atomic E-state index is -3.66. The lowest BCUT2D eigenvalue weighted by atomic mass is 10.0. The van der Waals surface area contributed by atoms with Gasteiger partial charge in [-0.2, -0.15) is 17.0 Å². The fourth-order valence-electron chi connectivity index (χ4n) is 3.24. The van der Waals surface area contributed by atoms with Crippen molar-refractivity contribution in [1.82, 2.24) is 8.61 Å². The highest BCUT2D eigenvalue weighted by molar-refractivity contribution is 7.86. The molecule has 0 unspecified atom stereocenters. The summed E-state index contributed by atoms with van der Waals surface area (Å²) in [6.45, 7) is 5.17. The third-order valence-electron chi connectivity index (χ3n) is 4.85. The Morgan fingerprint density at radius 1 is 1.00 bits per heavy atom. The van der Waals surface area contributed by atoms with Gasteiger partial charge in [0.2, 0.25) is 5.91 Å². The molecule has 7 heteroatoms. The first-order chi connectivity index (χ1) is 13.4. The van der Waals surface area contributed by atoms with E-state index in [0.29, 0.717) is 37.7 Å². The Hall–Kier alpha value is -2.22. The molecule has 0 spiro atoms. The van der Waals surface area contributed by atoms with Crippen molar-refractivity contribution in [2.75, 3.05) is 25.0 Å². The Morgan fingerprint density at radius 2 is 1.64 bits per heavy atom. The fourth-order valence-corrected chi connectivity index (χ4v) is 4.88. The lowest BCUT2D eigenvalue weighted by molar-refractivity contribution is -0.116. The first kappa shape index (κ1) is 20.5. The zero-order valence-corrected chi connectivity index (χ0v) is 17.2. The average molecular weight is 402 g/mol. The zero-order valence-electron chi connectivity index (χ0n) is 16.3. The second kappa shape index (κ2) is 8.86. The molecule has 0 radical (unpaired) electrons. The van der Waals surface area contributed by atoms with E-state index in [-0.39, 0.29) is 12.5 Å². The summed E-state index contributed by atoms with van der Waals surface area (Å²) in [7, 11) is -3.66. The number of amides is 1. The number of hydrogen-bond donors (Lipinski definition) is 1. The van der Waals surface area contributed by atoms with Crippen LogP contribution >= 0.6 is 0 Å². The van der Waals surface area contributed by atoms with Gasteiger partial charge in [-0.3, -0.25) is 4.79 Å². The molecular formula is C21H27N3O3S. The van der Waals surface area contributed by atoms with Crippen molar-refractivity contribution in [3.8, 4) is 0 Å². The van der Waals surface area contributed by atoms with E-state index in [1.807, 2.05) is 54.6 Å². The van der Waals surface area contributed by atoms with E-state index in [0.717, 1.165) is 5.56 Å². The Bertz CT molecular complexity index is 896. The number of benzene rings is 2. The number of hydrogen-bond acceptors (Lipinski definition) is 3. The molecule has 1 heterocycles. The second-order valence-corrected chi connectivity index (χ2v) is 9.27. The minimum absolute atomic E-state index is 0.181. The molecule has 1 aliphatic heterocycles. The third kappa shape index (κ3) is 4.98. The molecule has 0 bridgehead atoms. The van der Waals surface area contributed by atoms with Crippen molar-refractivity contribution in [3.63, 3.8) is 0 Å². The molecule has 0 aliphatic carbocycles. The summed E-state index contributed by atoms with van der Waals surface area (Å²) in [5.41, 5.74) is 2.79. The van der Waals surface area contributed by atoms with Crippen LogP contribution in [0.25, 0.3) is 0 Å². The second-order valence-electron chi connectivity index (χ2n) is 7.34. The van der Waals surface area contributed by atoms with Gasteiger partial charge in [0.1, 0.15) is 0 Å². The molecule has 28 heavy (non-hydrogen) atoms. The molecule has 3 rings (SSSR count). The van der Waals surface area contributed by atoms with Crippen LogP contribution in [0, 0.1) is 0 Å². The maximum absolute atomic E-state index is 12.9. The van der Waals surface area contributed by atoms with Crippen molar-refractivity contribution in [3.05, 3.63) is 65.7 Å². The summed E-state index contributed by atoms with van der Waals surface area (Å²) < 4.78 is 28.5. The zero-order chi connectivity index (χ0) is 20.1. The van der Waals surface area contributed by atoms with Gasteiger partial charge in [-0.25, -0.2) is 0 Å². The van der Waals surface area contributed by atoms with Crippen molar-refractivity contribution < 1.29 is 13.2 Å². The van der Waals surface area contributed by atoms with Gasteiger partial charge in [0.15, 0.2) is 0 Å². The van der Waals surface area contributed by atoms with E-state index in [9.17, 15) is 13.2 Å². The molecule has 1 N–H and O–H groups in total. The molecule has 150 valence electrons. The predicted molar refractivity (Wildman–Crippen MR) is 111 cm³/mol. The molecule has 1 fully saturated rings. The van der Waals surface area contributed by atoms with Crippen LogP contribution in [0.4, 0.5) is 5.69 Å². The van der Waals surface area contributed by atoms with Crippen LogP contribution in [-0.4, -0.2) is 42.6 Å². The lowest BCUT2D eigenvalue weighted by Gasteiger charge is -2.34. The van der Waals surface area contributed by atoms with Crippen molar-refractivity contribution in [2.24, 2.45) is 0 Å². The monoisotopic (exact) mass is 401 g/mol. The summed E-state index contributed by atoms with van der Waals surface area (Å²) >= 11 is 0. The first-order valence-electron chi connectivity index (χ1n) is 9.55. The molecule has 1 saturated heterocycles. The summed E-state index contributed by atoms with van der Waals surface area (Å²) in [5, 5.41) is 2.79. The van der Waals surface area contributed by atoms with Crippen LogP contribution in [0.2, 0.25) is 0 Å². The molecule has 1 aliphatic rings. The Labute approximate surface area is 167 Å². The molecular weight excluding hydrogens is 374 g/mol. The highest BCUT2D eigenvalue weighted by Gasteiger charge is 2.34. The van der Waals surface area contributed by atoms with Gasteiger partial charge in [0.05, 0.1) is 6.54 Å². The highest BCUT2D eigenvalue weighted by atomic mass is 32.2. The van der Waals surface area contributed by atoms with Gasteiger partial charge in [0.25, 0.3) is 10.2 Å². The average Bonchev–Trinajstić information content (AvgIpc) is 2.66. The van der Waals surface area contributed by atoms with Crippen LogP contribution in [0.1, 0.15) is 37.3 Å². The van der Waals surface area contributed by atoms with E-state index < -0.39 is 10.2 Å². The van der Waals surface area contributed by atoms with Crippen LogP contribution < -0.4 is 5.32 Å². The summed E-state index contributed by atoms with van der Waals surface area (Å²) in [5.74, 6) is 0.0845. The number of carbonyl (C=O) groups excluding carboxylic acids is 1. The molecule has 0 saturated carbocycles. The third-order valence-corrected chi connectivity index (χ3v) is 6.78. The number of nitrogens with one attached hydrogen (secondary N) is 1. The van der Waals surface area contributed by atoms with Crippen molar-refractivity contribution in [2.45, 2.75) is 32.7 Å². The van der Waals surface area contributed by atoms with Gasteiger partial charge >= 0.3 is 0 Å². The standard InChI is InChI=1S/C21H27N3O3S/c1-17(2)19-9-11-20(12-10-19)22-21(25)16-24-14-6-13-23(28(24,26)27)15-18-7-4-3-5-8-18/h3-5,7-12,17H,6,13-16H2,1-2H3,(H,22,25). The van der Waals surface area contributed by atoms with Crippen LogP contribution in [0.3, 0.4) is 0 Å². The number of anilines is 1. The molecule has 1 amide bonds. The van der Waals surface area contributed by atoms with E-state index in [4.69, 9.17) is 0 Å². The fraction of sp³-hybridized carbons (Fsp3) is 0.381. The topological polar surface area (TPSA) is 69.7 Å². The molecule has 2 aromatic carbocycles. The summed E-state index contributed by atoms with van der Waals surface area (Å²) in [6, 6.07) is 17.1. The summed E-state index contributed by atoms with van der Waals surface area (Å²) in [6.07, 6.45) is 0.697. The largest absolute Gasteiger partial charge is 0.325 e. The first-order valence-corrected chi connectivity index (χ1v) is 10.9. The molecule has 0 aromatic heterocycles. The molecule has 0 atom stereocenters. The predicted octanol–water partition coefficient (Wildman–Crippen LogP) is 3.20. The van der Waals surface area contributed by atoms with Crippen molar-refractivity contribution in [1.29, 1.82) is 0 Å². The lowest BCUT2D eigenvalue weighted by Crippen LogP contribution is -2.51. The van der Waals surface area contributed by atoms with E-state index in [1.165, 1.54) is 14.2 Å². The SMILES string of the molecule is CC(C)c1ccc(NC(=O)CN2CCCN(Cc3ccccc3)S2(=O)=O)cc1. The minimum Gasteiger partial charge on any atom is -0.325 e. The number of rotatable bonds is 6. The maximum atomic E-state index is 12.9. The Morgan fingerprint density at radius 3 is 2.29 bits per heavy atom. The highest BCUT2D eigenvalue weighted by Crippen LogP contribution is 2.20. The number of nitrogens with zero attached hydrogens (tertiary/aromatic N) is 2. The Kier molecular flexibility index (Phi) is 6.49. The van der Waals surface area contributed by atoms with Gasteiger partial charge in [-0.1, -0.05) is 56.3 Å². The van der Waals surface area contributed by atoms with Gasteiger partial charge in [-0.15, -0.1) is 0 Å². The van der Waals surface area contributed by atoms with E-state index in [1.54, 1.807) is 0 Å². The normalized spacial score (nSPS) is 17.5. The quantitative estimate of drug-likeness (QED) is 0.808. The molecule has 2 aromatic rings. The maximum Gasteiger partial charge on any atom is 0.282 e. The van der Waals surface area contributed by atoms with E-state index in [2.05, 4.69) is 19.2 Å². The van der Waals surface area contributed by atoms with Gasteiger partial charge in [0, 0.05) is 25.3 Å². The van der Waals surface area contributed by atoms with Crippen LogP contribution in [-0.2, 0) is 21.5 Å². The van der Waals surface area contributed by atoms with Crippen LogP contribution in [0.5, 0.6) is 0 Å². The molecule has 6 nitrogen and oxygen atoms in total. The van der Waals surface area contributed by atoms with Crippen molar-refractivity contribution >= 4 is 21.8 Å². The summed E-state index contributed by atoms with van der Waals surface area (Å²) in [4.78, 5) is 12.4. The van der Waals surface area contributed by atoms with E-state index >= 15 is 0 Å². The van der Waals surface area contributed by atoms with Gasteiger partial charge in [-0.05, 0) is 35.6 Å². The van der Waals surface area contributed by atoms with Gasteiger partial charge < -0.3 is 5.32 Å². The smallest absolute Gasteiger partial charge is 0.282 e.